The molecule has 0 bridgehead atoms. The molecule has 0 aromatic carbocycles. The smallest absolute Gasteiger partial charge is 0.267 e. The normalized spacial score (nSPS) is 14.7. The lowest BCUT2D eigenvalue weighted by Gasteiger charge is -2.21. The van der Waals surface area contributed by atoms with Gasteiger partial charge in [-0.3, -0.25) is 9.35 Å². The van der Waals surface area contributed by atoms with Gasteiger partial charge in [-0.2, -0.15) is 8.42 Å². The van der Waals surface area contributed by atoms with Crippen molar-refractivity contribution >= 4 is 16.0 Å². The van der Waals surface area contributed by atoms with Gasteiger partial charge in [0.25, 0.3) is 10.1 Å². The fourth-order valence-electron chi connectivity index (χ4n) is 4.51. The number of hydrogen-bond acceptors (Lipinski definition) is 4. The van der Waals surface area contributed by atoms with Crippen LogP contribution in [0.3, 0.4) is 0 Å². The number of amides is 1. The van der Waals surface area contributed by atoms with Gasteiger partial charge in [0.05, 0.1) is 17.9 Å². The predicted molar refractivity (Wildman–Crippen MR) is 206 cm³/mol. The molecule has 0 heterocycles. The Labute approximate surface area is 293 Å². The van der Waals surface area contributed by atoms with Gasteiger partial charge in [0.2, 0.25) is 5.91 Å². The molecule has 0 spiro atoms. The molecule has 0 fully saturated rings. The van der Waals surface area contributed by atoms with Crippen LogP contribution in [0.1, 0.15) is 123 Å². The van der Waals surface area contributed by atoms with E-state index >= 15 is 0 Å². The molecule has 6 nitrogen and oxygen atoms in total. The van der Waals surface area contributed by atoms with Crippen molar-refractivity contribution in [2.24, 2.45) is 0 Å². The fourth-order valence-corrected chi connectivity index (χ4v) is 5.24. The second-order valence-electron chi connectivity index (χ2n) is 11.8. The Morgan fingerprint density at radius 3 is 1.52 bits per heavy atom. The molecular formula is C41H65NO5S. The number of rotatable bonds is 30. The summed E-state index contributed by atoms with van der Waals surface area (Å²) in [6, 6.07) is -1.11. The van der Waals surface area contributed by atoms with E-state index in [9.17, 15) is 22.9 Å². The Morgan fingerprint density at radius 2 is 1.02 bits per heavy atom. The molecule has 0 radical (unpaired) electrons. The Hall–Kier alpha value is -3.00. The minimum atomic E-state index is -4.37. The molecular weight excluding hydrogens is 619 g/mol. The third kappa shape index (κ3) is 34.3. The molecule has 0 saturated carbocycles. The lowest BCUT2D eigenvalue weighted by Crippen LogP contribution is -2.46. The largest absolute Gasteiger partial charge is 0.387 e. The zero-order chi connectivity index (χ0) is 35.4. The zero-order valence-electron chi connectivity index (χ0n) is 29.8. The monoisotopic (exact) mass is 683 g/mol. The van der Waals surface area contributed by atoms with Crippen molar-refractivity contribution in [1.82, 2.24) is 5.32 Å². The molecule has 0 aliphatic heterocycles. The minimum absolute atomic E-state index is 0.200. The fraction of sp³-hybridized carbons (Fsp3) is 0.537. The van der Waals surface area contributed by atoms with E-state index < -0.39 is 28.0 Å². The highest BCUT2D eigenvalue weighted by molar-refractivity contribution is 7.85. The SMILES string of the molecule is CC/C=C\C/C=C\C/C=C\C/C=C\C/C=C\C/C=C\C/C=C\CCCC(=O)NC(CS(=O)(=O)O)C(O)/C=C/CC/C=C/CCCCCC. The maximum atomic E-state index is 12.4. The van der Waals surface area contributed by atoms with Crippen molar-refractivity contribution in [2.75, 3.05) is 5.75 Å². The highest BCUT2D eigenvalue weighted by atomic mass is 32.2. The number of unbranched alkanes of at least 4 members (excludes halogenated alkanes) is 6. The van der Waals surface area contributed by atoms with E-state index in [0.29, 0.717) is 19.3 Å². The number of nitrogens with one attached hydrogen (secondary N) is 1. The van der Waals surface area contributed by atoms with E-state index in [1.807, 2.05) is 6.08 Å². The molecule has 7 heteroatoms. The summed E-state index contributed by atoms with van der Waals surface area (Å²) in [6.07, 6.45) is 52.3. The van der Waals surface area contributed by atoms with Crippen LogP contribution < -0.4 is 5.32 Å². The van der Waals surface area contributed by atoms with Crippen molar-refractivity contribution in [2.45, 2.75) is 135 Å². The van der Waals surface area contributed by atoms with Crippen LogP contribution >= 0.6 is 0 Å². The van der Waals surface area contributed by atoms with Gasteiger partial charge in [-0.25, -0.2) is 0 Å². The number of allylic oxidation sites excluding steroid dienone is 17. The van der Waals surface area contributed by atoms with Crippen LogP contribution in [0.15, 0.2) is 109 Å². The summed E-state index contributed by atoms with van der Waals surface area (Å²) < 4.78 is 32.3. The van der Waals surface area contributed by atoms with Crippen LogP contribution in [0.2, 0.25) is 0 Å². The van der Waals surface area contributed by atoms with Crippen LogP contribution in [0.5, 0.6) is 0 Å². The van der Waals surface area contributed by atoms with Gasteiger partial charge in [-0.1, -0.05) is 142 Å². The summed E-state index contributed by atoms with van der Waals surface area (Å²) in [6.45, 7) is 4.34. The number of aliphatic hydroxyl groups is 1. The Bertz CT molecular complexity index is 1160. The third-order valence-corrected chi connectivity index (χ3v) is 7.96. The van der Waals surface area contributed by atoms with Crippen LogP contribution in [0.4, 0.5) is 0 Å². The molecule has 0 aliphatic rings. The van der Waals surface area contributed by atoms with Gasteiger partial charge >= 0.3 is 0 Å². The number of aliphatic hydroxyl groups excluding tert-OH is 1. The lowest BCUT2D eigenvalue weighted by molar-refractivity contribution is -0.122. The first-order chi connectivity index (χ1) is 23.3. The second kappa shape index (κ2) is 33.9. The minimum Gasteiger partial charge on any atom is -0.387 e. The van der Waals surface area contributed by atoms with Crippen molar-refractivity contribution in [3.63, 3.8) is 0 Å². The maximum Gasteiger partial charge on any atom is 0.267 e. The van der Waals surface area contributed by atoms with Gasteiger partial charge in [-0.05, 0) is 83.5 Å². The standard InChI is InChI=1S/C41H65NO5S/c1-3-5-7-9-11-13-15-16-17-18-19-20-21-22-23-24-25-26-27-29-31-33-35-37-41(44)42-39(38-48(45,46)47)40(43)36-34-32-30-28-14-12-10-8-6-4-2/h5,7,11,13-14,16-17,19-20,22-23,25-26,28-29,31,34,36,39-40,43H,3-4,6,8-10,12,15,18,21,24,27,30,32-33,35,37-38H2,1-2H3,(H,42,44)(H,45,46,47)/b7-5-,13-11-,17-16-,20-19-,23-22-,26-25-,28-14+,31-29-,36-34+. The molecule has 2 unspecified atom stereocenters. The predicted octanol–water partition coefficient (Wildman–Crippen LogP) is 10.4. The first-order valence-electron chi connectivity index (χ1n) is 18.1. The van der Waals surface area contributed by atoms with Crippen LogP contribution in [-0.2, 0) is 14.9 Å². The summed E-state index contributed by atoms with van der Waals surface area (Å²) in [5.41, 5.74) is 0. The Kier molecular flexibility index (Phi) is 31.8. The molecule has 48 heavy (non-hydrogen) atoms. The molecule has 270 valence electrons. The molecule has 0 aromatic rings. The highest BCUT2D eigenvalue weighted by Crippen LogP contribution is 2.07. The summed E-state index contributed by atoms with van der Waals surface area (Å²) in [5, 5.41) is 13.1. The summed E-state index contributed by atoms with van der Waals surface area (Å²) in [4.78, 5) is 12.4. The van der Waals surface area contributed by atoms with E-state index in [-0.39, 0.29) is 12.3 Å². The van der Waals surface area contributed by atoms with E-state index in [1.165, 1.54) is 31.8 Å². The lowest BCUT2D eigenvalue weighted by atomic mass is 10.1. The first kappa shape index (κ1) is 45.0. The van der Waals surface area contributed by atoms with Crippen LogP contribution in [0, 0.1) is 0 Å². The summed E-state index contributed by atoms with van der Waals surface area (Å²) >= 11 is 0. The molecule has 0 aromatic heterocycles. The van der Waals surface area contributed by atoms with Gasteiger partial charge in [0.15, 0.2) is 0 Å². The van der Waals surface area contributed by atoms with Crippen molar-refractivity contribution in [3.8, 4) is 0 Å². The number of carbonyl (C=O) groups excluding carboxylic acids is 1. The van der Waals surface area contributed by atoms with E-state index in [2.05, 4.69) is 110 Å². The Balaban J connectivity index is 4.15. The average molecular weight is 684 g/mol. The maximum absolute atomic E-state index is 12.4. The molecule has 0 aliphatic carbocycles. The van der Waals surface area contributed by atoms with E-state index in [1.54, 1.807) is 6.08 Å². The second-order valence-corrected chi connectivity index (χ2v) is 13.3. The molecule has 2 atom stereocenters. The third-order valence-electron chi connectivity index (χ3n) is 7.18. The highest BCUT2D eigenvalue weighted by Gasteiger charge is 2.24. The van der Waals surface area contributed by atoms with Gasteiger partial charge in [0, 0.05) is 6.42 Å². The van der Waals surface area contributed by atoms with Crippen molar-refractivity contribution < 1.29 is 22.9 Å². The van der Waals surface area contributed by atoms with Crippen LogP contribution in [0.25, 0.3) is 0 Å². The summed E-state index contributed by atoms with van der Waals surface area (Å²) in [7, 11) is -4.37. The topological polar surface area (TPSA) is 104 Å². The Morgan fingerprint density at radius 1 is 0.583 bits per heavy atom. The van der Waals surface area contributed by atoms with E-state index in [4.69, 9.17) is 0 Å². The van der Waals surface area contributed by atoms with Crippen LogP contribution in [-0.4, -0.2) is 41.9 Å². The van der Waals surface area contributed by atoms with Gasteiger partial charge in [-0.15, -0.1) is 0 Å². The van der Waals surface area contributed by atoms with E-state index in [0.717, 1.165) is 57.8 Å². The first-order valence-corrected chi connectivity index (χ1v) is 19.7. The van der Waals surface area contributed by atoms with Gasteiger partial charge < -0.3 is 10.4 Å². The van der Waals surface area contributed by atoms with Gasteiger partial charge in [0.1, 0.15) is 0 Å². The molecule has 0 rings (SSSR count). The quantitative estimate of drug-likeness (QED) is 0.0397. The molecule has 1 amide bonds. The van der Waals surface area contributed by atoms with Crippen molar-refractivity contribution in [3.05, 3.63) is 109 Å². The summed E-state index contributed by atoms with van der Waals surface area (Å²) in [5.74, 6) is -1.10. The zero-order valence-corrected chi connectivity index (χ0v) is 30.6. The number of hydrogen-bond donors (Lipinski definition) is 3. The average Bonchev–Trinajstić information content (AvgIpc) is 3.05. The molecule has 0 saturated heterocycles. The molecule has 3 N–H and O–H groups in total. The van der Waals surface area contributed by atoms with Crippen molar-refractivity contribution in [1.29, 1.82) is 0 Å². The number of carbonyl (C=O) groups is 1.